The van der Waals surface area contributed by atoms with Crippen molar-refractivity contribution in [1.29, 1.82) is 0 Å². The van der Waals surface area contributed by atoms with Gasteiger partial charge < -0.3 is 30.0 Å². The molecule has 3 fully saturated rings. The van der Waals surface area contributed by atoms with Crippen molar-refractivity contribution < 1.29 is 28.9 Å². The number of carbonyl (C=O) groups is 2. The van der Waals surface area contributed by atoms with E-state index in [1.807, 2.05) is 18.2 Å². The fourth-order valence-corrected chi connectivity index (χ4v) is 4.54. The maximum atomic E-state index is 12.6. The average Bonchev–Trinajstić information content (AvgIpc) is 2.67. The summed E-state index contributed by atoms with van der Waals surface area (Å²) in [5.74, 6) is 0.383. The summed E-state index contributed by atoms with van der Waals surface area (Å²) in [6, 6.07) is 7.43. The lowest BCUT2D eigenvalue weighted by molar-refractivity contribution is -0.129. The Morgan fingerprint density at radius 2 is 1.87 bits per heavy atom. The highest BCUT2D eigenvalue weighted by molar-refractivity contribution is 5.78. The highest BCUT2D eigenvalue weighted by Crippen LogP contribution is 2.47. The Hall–Kier alpha value is -2.32. The lowest BCUT2D eigenvalue weighted by Crippen LogP contribution is -2.70. The largest absolute Gasteiger partial charge is 0.484 e. The first-order valence-electron chi connectivity index (χ1n) is 10.8. The number of aliphatic hydroxyl groups is 1. The van der Waals surface area contributed by atoms with E-state index in [2.05, 4.69) is 10.6 Å². The maximum Gasteiger partial charge on any atom is 0.408 e. The highest BCUT2D eigenvalue weighted by atomic mass is 16.6. The summed E-state index contributed by atoms with van der Waals surface area (Å²) < 4.78 is 16.1. The van der Waals surface area contributed by atoms with Crippen LogP contribution in [0.4, 0.5) is 4.79 Å². The SMILES string of the molecule is COCc1cccc(OCC(=O)NC23CCC(NC(=O)OC(C)(C)C)(CC2)[C@@H](O)C3)c1. The second kappa shape index (κ2) is 9.04. The summed E-state index contributed by atoms with van der Waals surface area (Å²) >= 11 is 0. The van der Waals surface area contributed by atoms with Gasteiger partial charge in [0.2, 0.25) is 0 Å². The minimum absolute atomic E-state index is 0.102. The predicted octanol–water partition coefficient (Wildman–Crippen LogP) is 2.67. The van der Waals surface area contributed by atoms with Crippen LogP contribution in [-0.4, -0.2) is 53.6 Å². The van der Waals surface area contributed by atoms with E-state index in [0.29, 0.717) is 44.5 Å². The molecule has 2 bridgehead atoms. The van der Waals surface area contributed by atoms with Gasteiger partial charge in [-0.2, -0.15) is 0 Å². The molecular formula is C23H34N2O6. The van der Waals surface area contributed by atoms with Crippen LogP contribution in [0.25, 0.3) is 0 Å². The number of aliphatic hydroxyl groups excluding tert-OH is 1. The van der Waals surface area contributed by atoms with Gasteiger partial charge in [0.15, 0.2) is 6.61 Å². The Bertz CT molecular complexity index is 796. The number of hydrogen-bond donors (Lipinski definition) is 3. The summed E-state index contributed by atoms with van der Waals surface area (Å²) in [6.45, 7) is 5.79. The average molecular weight is 435 g/mol. The third-order valence-electron chi connectivity index (χ3n) is 6.06. The fourth-order valence-electron chi connectivity index (χ4n) is 4.54. The van der Waals surface area contributed by atoms with Crippen LogP contribution in [0.5, 0.6) is 5.75 Å². The van der Waals surface area contributed by atoms with Crippen molar-refractivity contribution in [2.75, 3.05) is 13.7 Å². The summed E-state index contributed by atoms with van der Waals surface area (Å²) in [5.41, 5.74) is -0.812. The van der Waals surface area contributed by atoms with Gasteiger partial charge in [-0.15, -0.1) is 0 Å². The molecule has 3 aliphatic carbocycles. The van der Waals surface area contributed by atoms with E-state index in [9.17, 15) is 14.7 Å². The van der Waals surface area contributed by atoms with Crippen LogP contribution >= 0.6 is 0 Å². The molecule has 2 amide bonds. The van der Waals surface area contributed by atoms with Crippen LogP contribution in [0.1, 0.15) is 58.4 Å². The predicted molar refractivity (Wildman–Crippen MR) is 115 cm³/mol. The molecule has 0 unspecified atom stereocenters. The smallest absolute Gasteiger partial charge is 0.408 e. The molecule has 0 heterocycles. The molecule has 172 valence electrons. The molecule has 3 N–H and O–H groups in total. The molecule has 1 atom stereocenters. The number of amides is 2. The Morgan fingerprint density at radius 3 is 2.48 bits per heavy atom. The number of benzene rings is 1. The number of hydrogen-bond acceptors (Lipinski definition) is 6. The first-order valence-corrected chi connectivity index (χ1v) is 10.8. The molecule has 3 aliphatic rings. The monoisotopic (exact) mass is 434 g/mol. The Kier molecular flexibility index (Phi) is 6.81. The third-order valence-corrected chi connectivity index (χ3v) is 6.06. The zero-order valence-corrected chi connectivity index (χ0v) is 18.8. The van der Waals surface area contributed by atoms with Gasteiger partial charge in [-0.05, 0) is 70.6 Å². The summed E-state index contributed by atoms with van der Waals surface area (Å²) in [5, 5.41) is 16.8. The molecule has 0 aromatic heterocycles. The summed E-state index contributed by atoms with van der Waals surface area (Å²) in [6.07, 6.45) is 1.62. The molecule has 8 heteroatoms. The van der Waals surface area contributed by atoms with Gasteiger partial charge in [0.25, 0.3) is 5.91 Å². The van der Waals surface area contributed by atoms with Crippen molar-refractivity contribution in [2.45, 2.75) is 82.3 Å². The van der Waals surface area contributed by atoms with Gasteiger partial charge in [-0.1, -0.05) is 12.1 Å². The molecule has 3 saturated carbocycles. The van der Waals surface area contributed by atoms with Gasteiger partial charge in [0.05, 0.1) is 18.2 Å². The fraction of sp³-hybridized carbons (Fsp3) is 0.652. The minimum Gasteiger partial charge on any atom is -0.484 e. The minimum atomic E-state index is -0.755. The van der Waals surface area contributed by atoms with Crippen molar-refractivity contribution >= 4 is 12.0 Å². The number of nitrogens with one attached hydrogen (secondary N) is 2. The highest BCUT2D eigenvalue weighted by Gasteiger charge is 2.55. The topological polar surface area (TPSA) is 106 Å². The van der Waals surface area contributed by atoms with Gasteiger partial charge >= 0.3 is 6.09 Å². The number of ether oxygens (including phenoxy) is 3. The van der Waals surface area contributed by atoms with Crippen molar-refractivity contribution in [3.63, 3.8) is 0 Å². The maximum absolute atomic E-state index is 12.6. The van der Waals surface area contributed by atoms with E-state index in [4.69, 9.17) is 14.2 Å². The van der Waals surface area contributed by atoms with Crippen LogP contribution in [0, 0.1) is 0 Å². The van der Waals surface area contributed by atoms with Gasteiger partial charge in [-0.3, -0.25) is 4.79 Å². The Labute approximate surface area is 183 Å². The van der Waals surface area contributed by atoms with Crippen LogP contribution in [0.2, 0.25) is 0 Å². The number of fused-ring (bicyclic) bond motifs is 3. The van der Waals surface area contributed by atoms with E-state index in [0.717, 1.165) is 5.56 Å². The molecule has 0 saturated heterocycles. The second-order valence-electron chi connectivity index (χ2n) is 9.70. The van der Waals surface area contributed by atoms with Crippen molar-refractivity contribution in [3.8, 4) is 5.75 Å². The lowest BCUT2D eigenvalue weighted by atomic mass is 9.60. The number of rotatable bonds is 7. The van der Waals surface area contributed by atoms with Crippen LogP contribution < -0.4 is 15.4 Å². The van der Waals surface area contributed by atoms with Gasteiger partial charge in [-0.25, -0.2) is 4.79 Å². The van der Waals surface area contributed by atoms with Crippen LogP contribution in [0.15, 0.2) is 24.3 Å². The normalized spacial score (nSPS) is 27.5. The standard InChI is InChI=1S/C23H34N2O6/c1-21(2,3)31-20(28)25-23-10-8-22(9-11-23,13-18(23)26)24-19(27)15-30-17-7-5-6-16(12-17)14-29-4/h5-7,12,18,26H,8-11,13-15H2,1-4H3,(H,24,27)(H,25,28)/t18-,22?,23?/m0/s1. The lowest BCUT2D eigenvalue weighted by Gasteiger charge is -2.56. The molecule has 31 heavy (non-hydrogen) atoms. The van der Waals surface area contributed by atoms with E-state index in [1.165, 1.54) is 0 Å². The van der Waals surface area contributed by atoms with E-state index in [1.54, 1.807) is 33.9 Å². The zero-order chi connectivity index (χ0) is 22.7. The number of carbonyl (C=O) groups excluding carboxylic acids is 2. The van der Waals surface area contributed by atoms with E-state index < -0.39 is 28.9 Å². The second-order valence-corrected chi connectivity index (χ2v) is 9.70. The molecule has 1 aromatic rings. The molecule has 0 spiro atoms. The Balaban J connectivity index is 1.53. The van der Waals surface area contributed by atoms with Crippen LogP contribution in [-0.2, 0) is 20.9 Å². The van der Waals surface area contributed by atoms with E-state index >= 15 is 0 Å². The third kappa shape index (κ3) is 5.89. The molecule has 1 aromatic carbocycles. The summed E-state index contributed by atoms with van der Waals surface area (Å²) in [4.78, 5) is 24.8. The quantitative estimate of drug-likeness (QED) is 0.609. The zero-order valence-electron chi connectivity index (χ0n) is 18.8. The first kappa shape index (κ1) is 23.3. The van der Waals surface area contributed by atoms with Gasteiger partial charge in [0, 0.05) is 12.6 Å². The van der Waals surface area contributed by atoms with Crippen molar-refractivity contribution in [3.05, 3.63) is 29.8 Å². The van der Waals surface area contributed by atoms with Crippen molar-refractivity contribution in [1.82, 2.24) is 10.6 Å². The van der Waals surface area contributed by atoms with Gasteiger partial charge in [0.1, 0.15) is 11.4 Å². The van der Waals surface area contributed by atoms with E-state index in [-0.39, 0.29) is 12.5 Å². The summed E-state index contributed by atoms with van der Waals surface area (Å²) in [7, 11) is 1.63. The number of alkyl carbamates (subject to hydrolysis) is 1. The van der Waals surface area contributed by atoms with Crippen molar-refractivity contribution in [2.24, 2.45) is 0 Å². The Morgan fingerprint density at radius 1 is 1.16 bits per heavy atom. The molecule has 8 nitrogen and oxygen atoms in total. The number of methoxy groups -OCH3 is 1. The molecule has 0 radical (unpaired) electrons. The molecule has 0 aliphatic heterocycles. The first-order chi connectivity index (χ1) is 14.5. The molecule has 4 rings (SSSR count). The molecular weight excluding hydrogens is 400 g/mol. The van der Waals surface area contributed by atoms with Crippen LogP contribution in [0.3, 0.4) is 0 Å².